The minimum atomic E-state index is -0.128. The average molecular weight is 347 g/mol. The zero-order chi connectivity index (χ0) is 18.1. The quantitative estimate of drug-likeness (QED) is 0.744. The Morgan fingerprint density at radius 1 is 1.36 bits per heavy atom. The van der Waals surface area contributed by atoms with E-state index in [2.05, 4.69) is 5.32 Å². The van der Waals surface area contributed by atoms with Gasteiger partial charge in [0.1, 0.15) is 5.75 Å². The second-order valence-corrected chi connectivity index (χ2v) is 6.55. The van der Waals surface area contributed by atoms with Crippen molar-refractivity contribution in [3.63, 3.8) is 0 Å². The summed E-state index contributed by atoms with van der Waals surface area (Å²) in [6.07, 6.45) is 2.35. The Morgan fingerprint density at radius 3 is 2.84 bits per heavy atom. The van der Waals surface area contributed by atoms with Crippen LogP contribution in [0.5, 0.6) is 5.75 Å². The molecule has 1 aliphatic heterocycles. The van der Waals surface area contributed by atoms with Crippen LogP contribution in [0.1, 0.15) is 26.2 Å². The van der Waals surface area contributed by atoms with E-state index in [4.69, 9.17) is 10.5 Å². The molecule has 3 N–H and O–H groups in total. The molecule has 6 heteroatoms. The summed E-state index contributed by atoms with van der Waals surface area (Å²) in [5.74, 6) is 0.680. The van der Waals surface area contributed by atoms with E-state index in [9.17, 15) is 9.59 Å². The van der Waals surface area contributed by atoms with E-state index in [1.807, 2.05) is 42.2 Å². The molecular weight excluding hydrogens is 318 g/mol. The van der Waals surface area contributed by atoms with Crippen molar-refractivity contribution in [1.29, 1.82) is 0 Å². The third-order valence-corrected chi connectivity index (χ3v) is 4.53. The minimum absolute atomic E-state index is 0.00279. The summed E-state index contributed by atoms with van der Waals surface area (Å²) >= 11 is 0. The second-order valence-electron chi connectivity index (χ2n) is 6.55. The molecule has 0 aliphatic carbocycles. The lowest BCUT2D eigenvalue weighted by Crippen LogP contribution is -2.47. The van der Waals surface area contributed by atoms with Crippen LogP contribution in [0.25, 0.3) is 0 Å². The van der Waals surface area contributed by atoms with E-state index < -0.39 is 0 Å². The van der Waals surface area contributed by atoms with Gasteiger partial charge in [0.2, 0.25) is 11.8 Å². The topological polar surface area (TPSA) is 84.7 Å². The van der Waals surface area contributed by atoms with Gasteiger partial charge in [0.05, 0.1) is 12.5 Å². The molecule has 1 aromatic rings. The van der Waals surface area contributed by atoms with Crippen LogP contribution in [0.2, 0.25) is 0 Å². The van der Waals surface area contributed by atoms with Crippen LogP contribution in [-0.2, 0) is 9.59 Å². The molecule has 2 amide bonds. The van der Waals surface area contributed by atoms with Crippen LogP contribution in [0, 0.1) is 11.8 Å². The molecule has 138 valence electrons. The highest BCUT2D eigenvalue weighted by Crippen LogP contribution is 2.20. The minimum Gasteiger partial charge on any atom is -0.494 e. The molecular formula is C19H29N3O3. The maximum absolute atomic E-state index is 12.6. The van der Waals surface area contributed by atoms with E-state index >= 15 is 0 Å². The number of carbonyl (C=O) groups excluding carboxylic acids is 2. The number of ether oxygens (including phenoxy) is 1. The van der Waals surface area contributed by atoms with Crippen LogP contribution in [-0.4, -0.2) is 49.5 Å². The predicted octanol–water partition coefficient (Wildman–Crippen LogP) is 1.41. The van der Waals surface area contributed by atoms with Crippen molar-refractivity contribution in [2.45, 2.75) is 26.2 Å². The van der Waals surface area contributed by atoms with Gasteiger partial charge in [0.25, 0.3) is 0 Å². The van der Waals surface area contributed by atoms with E-state index in [0.29, 0.717) is 32.7 Å². The number of carbonyl (C=O) groups is 2. The average Bonchev–Trinajstić information content (AvgIpc) is 2.66. The first-order valence-electron chi connectivity index (χ1n) is 9.06. The predicted molar refractivity (Wildman–Crippen MR) is 97.1 cm³/mol. The van der Waals surface area contributed by atoms with Crippen molar-refractivity contribution in [2.75, 3.05) is 32.8 Å². The summed E-state index contributed by atoms with van der Waals surface area (Å²) < 4.78 is 5.67. The molecule has 2 rings (SSSR count). The standard InChI is InChI=1S/C19H29N3O3/c1-15(9-13-25-17-7-3-2-4-8-17)19(24)22-12-5-6-16(14-22)18(23)21-11-10-20/h2-4,7-8,15-16H,5-6,9-14,20H2,1H3,(H,21,23). The Kier molecular flexibility index (Phi) is 7.73. The zero-order valence-corrected chi connectivity index (χ0v) is 14.9. The van der Waals surface area contributed by atoms with Crippen molar-refractivity contribution in [2.24, 2.45) is 17.6 Å². The largest absolute Gasteiger partial charge is 0.494 e. The number of piperidine rings is 1. The normalized spacial score (nSPS) is 18.5. The molecule has 1 aromatic carbocycles. The maximum Gasteiger partial charge on any atom is 0.225 e. The van der Waals surface area contributed by atoms with Crippen molar-refractivity contribution in [3.05, 3.63) is 30.3 Å². The fourth-order valence-electron chi connectivity index (χ4n) is 3.04. The van der Waals surface area contributed by atoms with Crippen molar-refractivity contribution in [1.82, 2.24) is 10.2 Å². The Hall–Kier alpha value is -2.08. The Labute approximate surface area is 149 Å². The molecule has 1 heterocycles. The number of hydrogen-bond donors (Lipinski definition) is 2. The number of nitrogens with two attached hydrogens (primary N) is 1. The molecule has 2 atom stereocenters. The summed E-state index contributed by atoms with van der Waals surface area (Å²) in [5.41, 5.74) is 5.42. The fraction of sp³-hybridized carbons (Fsp3) is 0.579. The number of likely N-dealkylation sites (tertiary alicyclic amines) is 1. The molecule has 0 spiro atoms. The van der Waals surface area contributed by atoms with Gasteiger partial charge in [0.15, 0.2) is 0 Å². The van der Waals surface area contributed by atoms with Crippen LogP contribution in [0.4, 0.5) is 0 Å². The maximum atomic E-state index is 12.6. The highest BCUT2D eigenvalue weighted by atomic mass is 16.5. The van der Waals surface area contributed by atoms with Gasteiger partial charge in [-0.1, -0.05) is 25.1 Å². The van der Waals surface area contributed by atoms with Crippen LogP contribution < -0.4 is 15.8 Å². The number of hydrogen-bond acceptors (Lipinski definition) is 4. The van der Waals surface area contributed by atoms with Crippen LogP contribution >= 0.6 is 0 Å². The van der Waals surface area contributed by atoms with Crippen LogP contribution in [0.3, 0.4) is 0 Å². The molecule has 1 aliphatic rings. The van der Waals surface area contributed by atoms with Gasteiger partial charge in [0, 0.05) is 32.1 Å². The molecule has 0 saturated carbocycles. The number of rotatable bonds is 8. The lowest BCUT2D eigenvalue weighted by molar-refractivity contribution is -0.139. The molecule has 6 nitrogen and oxygen atoms in total. The van der Waals surface area contributed by atoms with E-state index in [-0.39, 0.29) is 23.7 Å². The van der Waals surface area contributed by atoms with Crippen molar-refractivity contribution in [3.8, 4) is 5.75 Å². The number of nitrogens with zero attached hydrogens (tertiary/aromatic N) is 1. The molecule has 0 bridgehead atoms. The monoisotopic (exact) mass is 347 g/mol. The molecule has 0 aromatic heterocycles. The molecule has 2 unspecified atom stereocenters. The summed E-state index contributed by atoms with van der Waals surface area (Å²) in [6.45, 7) is 4.57. The van der Waals surface area contributed by atoms with E-state index in [1.54, 1.807) is 0 Å². The lowest BCUT2D eigenvalue weighted by atomic mass is 9.95. The highest BCUT2D eigenvalue weighted by Gasteiger charge is 2.30. The fourth-order valence-corrected chi connectivity index (χ4v) is 3.04. The van der Waals surface area contributed by atoms with Crippen molar-refractivity contribution < 1.29 is 14.3 Å². The molecule has 1 fully saturated rings. The Balaban J connectivity index is 1.77. The zero-order valence-electron chi connectivity index (χ0n) is 14.9. The van der Waals surface area contributed by atoms with Crippen molar-refractivity contribution >= 4 is 11.8 Å². The van der Waals surface area contributed by atoms with Gasteiger partial charge in [-0.15, -0.1) is 0 Å². The van der Waals surface area contributed by atoms with Gasteiger partial charge in [-0.3, -0.25) is 9.59 Å². The van der Waals surface area contributed by atoms with Gasteiger partial charge in [-0.05, 0) is 31.4 Å². The van der Waals surface area contributed by atoms with Crippen LogP contribution in [0.15, 0.2) is 30.3 Å². The Morgan fingerprint density at radius 2 is 2.12 bits per heavy atom. The van der Waals surface area contributed by atoms with E-state index in [1.165, 1.54) is 0 Å². The number of benzene rings is 1. The van der Waals surface area contributed by atoms with Gasteiger partial charge in [-0.2, -0.15) is 0 Å². The second kappa shape index (κ2) is 10.0. The molecule has 1 saturated heterocycles. The summed E-state index contributed by atoms with van der Waals surface area (Å²) in [5, 5.41) is 2.82. The highest BCUT2D eigenvalue weighted by molar-refractivity contribution is 5.82. The third kappa shape index (κ3) is 6.05. The summed E-state index contributed by atoms with van der Waals surface area (Å²) in [6, 6.07) is 9.60. The molecule has 0 radical (unpaired) electrons. The first kappa shape index (κ1) is 19.2. The summed E-state index contributed by atoms with van der Waals surface area (Å²) in [4.78, 5) is 26.6. The van der Waals surface area contributed by atoms with Gasteiger partial charge >= 0.3 is 0 Å². The van der Waals surface area contributed by atoms with Gasteiger partial charge in [-0.25, -0.2) is 0 Å². The molecule has 25 heavy (non-hydrogen) atoms. The number of nitrogens with one attached hydrogen (secondary N) is 1. The SMILES string of the molecule is CC(CCOc1ccccc1)C(=O)N1CCCC(C(=O)NCCN)C1. The first-order valence-corrected chi connectivity index (χ1v) is 9.06. The van der Waals surface area contributed by atoms with Gasteiger partial charge < -0.3 is 20.7 Å². The van der Waals surface area contributed by atoms with E-state index in [0.717, 1.165) is 25.1 Å². The lowest BCUT2D eigenvalue weighted by Gasteiger charge is -2.33. The number of para-hydroxylation sites is 1. The smallest absolute Gasteiger partial charge is 0.225 e. The summed E-state index contributed by atoms with van der Waals surface area (Å²) in [7, 11) is 0. The third-order valence-electron chi connectivity index (χ3n) is 4.53. The first-order chi connectivity index (χ1) is 12.1. The number of amides is 2. The Bertz CT molecular complexity index is 550.